The van der Waals surface area contributed by atoms with Gasteiger partial charge in [0.15, 0.2) is 0 Å². The van der Waals surface area contributed by atoms with Crippen molar-refractivity contribution < 1.29 is 9.53 Å². The molecule has 2 aliphatic rings. The Morgan fingerprint density at radius 3 is 2.89 bits per heavy atom. The van der Waals surface area contributed by atoms with Gasteiger partial charge in [0.2, 0.25) is 0 Å². The van der Waals surface area contributed by atoms with E-state index in [0.717, 1.165) is 36.4 Å². The van der Waals surface area contributed by atoms with Crippen LogP contribution in [0.15, 0.2) is 71.8 Å². The summed E-state index contributed by atoms with van der Waals surface area (Å²) in [5.74, 6) is 1.34. The van der Waals surface area contributed by atoms with Crippen LogP contribution in [0, 0.1) is 5.92 Å². The van der Waals surface area contributed by atoms with Gasteiger partial charge in [-0.2, -0.15) is 0 Å². The molecule has 1 saturated heterocycles. The third kappa shape index (κ3) is 7.09. The fraction of sp³-hybridized carbons (Fsp3) is 0.433. The maximum absolute atomic E-state index is 12.3. The number of nitrogens with zero attached hydrogens (tertiary/aromatic N) is 2. The molecule has 1 aromatic heterocycles. The largest absolute Gasteiger partial charge is 0.376 e. The van der Waals surface area contributed by atoms with E-state index in [1.54, 1.807) is 12.3 Å². The third-order valence-electron chi connectivity index (χ3n) is 6.87. The van der Waals surface area contributed by atoms with Crippen molar-refractivity contribution in [1.82, 2.24) is 15.2 Å². The van der Waals surface area contributed by atoms with Crippen LogP contribution in [0.25, 0.3) is 5.70 Å². The third-order valence-corrected chi connectivity index (χ3v) is 6.87. The second kappa shape index (κ2) is 12.1. The molecule has 3 heterocycles. The molecular formula is C30H38N4O2. The highest BCUT2D eigenvalue weighted by molar-refractivity contribution is 5.96. The number of rotatable bonds is 7. The van der Waals surface area contributed by atoms with E-state index in [-0.39, 0.29) is 5.91 Å². The molecule has 2 aromatic rings. The highest BCUT2D eigenvalue weighted by Crippen LogP contribution is 2.28. The lowest BCUT2D eigenvalue weighted by molar-refractivity contribution is -0.0200. The Morgan fingerprint density at radius 2 is 2.11 bits per heavy atom. The zero-order valence-corrected chi connectivity index (χ0v) is 21.7. The van der Waals surface area contributed by atoms with Crippen LogP contribution in [0.4, 0.5) is 0 Å². The van der Waals surface area contributed by atoms with Crippen molar-refractivity contribution in [3.63, 3.8) is 0 Å². The van der Waals surface area contributed by atoms with Crippen LogP contribution in [0.3, 0.4) is 0 Å². The number of aryl methyl sites for hydroxylation is 1. The maximum Gasteiger partial charge on any atom is 0.253 e. The molecule has 3 atom stereocenters. The topological polar surface area (TPSA) is 67.7 Å². The molecule has 1 unspecified atom stereocenters. The number of ether oxygens (including phenoxy) is 1. The molecule has 0 radical (unpaired) electrons. The van der Waals surface area contributed by atoms with Crippen LogP contribution in [0.2, 0.25) is 0 Å². The molecule has 1 fully saturated rings. The lowest BCUT2D eigenvalue weighted by atomic mass is 9.87. The number of amides is 1. The quantitative estimate of drug-likeness (QED) is 0.516. The first-order valence-electron chi connectivity index (χ1n) is 13.0. The standard InChI is InChI=1S/C30H38N4O2/c1-5-27(19-31-30(35)26-14-15-34(4)20-26)32-29-13-12-28(33-29)25-11-7-10-24(18-25)17-23-9-6-8-21(2)36-22(3)16-23/h7,10-12,14-15,18,20-23H,1,6,8-9,13,16-17,19H2,2-4H3,(H,31,35)(H,32,33)/t21-,22+,23?/m1/s1. The molecule has 1 amide bonds. The SMILES string of the molecule is C=C=C(CNC(=O)c1ccn(C)c1)NC1=NC(c2cccc(CC3CCC[C@@H](C)O[C@@H](C)C3)c2)=CC1. The van der Waals surface area contributed by atoms with Crippen molar-refractivity contribution in [2.45, 2.75) is 64.6 Å². The number of carbonyl (C=O) groups excluding carboxylic acids is 1. The van der Waals surface area contributed by atoms with Crippen molar-refractivity contribution in [2.24, 2.45) is 18.0 Å². The smallest absolute Gasteiger partial charge is 0.253 e. The highest BCUT2D eigenvalue weighted by atomic mass is 16.5. The minimum Gasteiger partial charge on any atom is -0.376 e. The second-order valence-electron chi connectivity index (χ2n) is 10.1. The number of hydrogen-bond donors (Lipinski definition) is 2. The lowest BCUT2D eigenvalue weighted by Gasteiger charge is -2.28. The number of aromatic nitrogens is 1. The molecule has 0 spiro atoms. The van der Waals surface area contributed by atoms with Gasteiger partial charge in [-0.05, 0) is 63.1 Å². The van der Waals surface area contributed by atoms with Crippen molar-refractivity contribution in [1.29, 1.82) is 0 Å². The first-order valence-corrected chi connectivity index (χ1v) is 13.0. The average Bonchev–Trinajstić information content (AvgIpc) is 3.49. The van der Waals surface area contributed by atoms with Crippen LogP contribution in [0.1, 0.15) is 67.4 Å². The summed E-state index contributed by atoms with van der Waals surface area (Å²) >= 11 is 0. The zero-order valence-electron chi connectivity index (χ0n) is 21.7. The van der Waals surface area contributed by atoms with Crippen LogP contribution in [0.5, 0.6) is 0 Å². The molecule has 2 aliphatic heterocycles. The van der Waals surface area contributed by atoms with Gasteiger partial charge in [0.25, 0.3) is 5.91 Å². The summed E-state index contributed by atoms with van der Waals surface area (Å²) in [5, 5.41) is 6.19. The lowest BCUT2D eigenvalue weighted by Crippen LogP contribution is -2.32. The number of amidine groups is 1. The van der Waals surface area contributed by atoms with Crippen LogP contribution < -0.4 is 10.6 Å². The van der Waals surface area contributed by atoms with E-state index in [2.05, 4.69) is 67.1 Å². The Hall–Kier alpha value is -3.34. The Labute approximate surface area is 214 Å². The molecule has 6 nitrogen and oxygen atoms in total. The number of carbonyl (C=O) groups is 1. The summed E-state index contributed by atoms with van der Waals surface area (Å²) in [6.07, 6.45) is 13.0. The fourth-order valence-electron chi connectivity index (χ4n) is 5.10. The van der Waals surface area contributed by atoms with E-state index in [9.17, 15) is 4.79 Å². The van der Waals surface area contributed by atoms with Gasteiger partial charge in [0, 0.05) is 31.4 Å². The Kier molecular flexibility index (Phi) is 8.63. The van der Waals surface area contributed by atoms with E-state index in [1.807, 2.05) is 17.8 Å². The monoisotopic (exact) mass is 486 g/mol. The molecule has 0 aliphatic carbocycles. The molecular weight excluding hydrogens is 448 g/mol. The van der Waals surface area contributed by atoms with Gasteiger partial charge in [0.05, 0.1) is 35.7 Å². The summed E-state index contributed by atoms with van der Waals surface area (Å²) in [5.41, 5.74) is 7.66. The number of nitrogens with one attached hydrogen (secondary N) is 2. The molecule has 190 valence electrons. The number of hydrogen-bond acceptors (Lipinski definition) is 4. The van der Waals surface area contributed by atoms with E-state index >= 15 is 0 Å². The normalized spacial score (nSPS) is 22.0. The first kappa shape index (κ1) is 25.7. The predicted molar refractivity (Wildman–Crippen MR) is 146 cm³/mol. The Balaban J connectivity index is 1.33. The summed E-state index contributed by atoms with van der Waals surface area (Å²) in [7, 11) is 1.89. The molecule has 36 heavy (non-hydrogen) atoms. The van der Waals surface area contributed by atoms with Gasteiger partial charge in [-0.15, -0.1) is 5.73 Å². The van der Waals surface area contributed by atoms with Crippen LogP contribution in [-0.4, -0.2) is 35.1 Å². The summed E-state index contributed by atoms with van der Waals surface area (Å²) in [4.78, 5) is 17.1. The maximum atomic E-state index is 12.3. The highest BCUT2D eigenvalue weighted by Gasteiger charge is 2.20. The number of benzene rings is 1. The van der Waals surface area contributed by atoms with E-state index in [0.29, 0.717) is 42.4 Å². The van der Waals surface area contributed by atoms with Gasteiger partial charge in [-0.25, -0.2) is 4.99 Å². The van der Waals surface area contributed by atoms with Crippen LogP contribution >= 0.6 is 0 Å². The van der Waals surface area contributed by atoms with Gasteiger partial charge in [-0.3, -0.25) is 4.79 Å². The second-order valence-corrected chi connectivity index (χ2v) is 10.1. The minimum absolute atomic E-state index is 0.131. The Bertz CT molecular complexity index is 1190. The van der Waals surface area contributed by atoms with E-state index < -0.39 is 0 Å². The molecule has 1 aromatic carbocycles. The molecule has 6 heteroatoms. The molecule has 0 bridgehead atoms. The van der Waals surface area contributed by atoms with Gasteiger partial charge < -0.3 is 19.9 Å². The molecule has 4 rings (SSSR count). The zero-order chi connectivity index (χ0) is 25.5. The van der Waals surface area contributed by atoms with Gasteiger partial charge >= 0.3 is 0 Å². The summed E-state index contributed by atoms with van der Waals surface area (Å²) in [6.45, 7) is 8.47. The summed E-state index contributed by atoms with van der Waals surface area (Å²) in [6, 6.07) is 10.5. The van der Waals surface area contributed by atoms with Crippen molar-refractivity contribution >= 4 is 17.4 Å². The van der Waals surface area contributed by atoms with Crippen molar-refractivity contribution in [3.8, 4) is 0 Å². The Morgan fingerprint density at radius 1 is 1.25 bits per heavy atom. The number of aliphatic imine (C=N–C) groups is 1. The predicted octanol–water partition coefficient (Wildman–Crippen LogP) is 5.38. The van der Waals surface area contributed by atoms with Crippen molar-refractivity contribution in [3.05, 3.63) is 83.5 Å². The van der Waals surface area contributed by atoms with Crippen LogP contribution in [-0.2, 0) is 18.2 Å². The fourth-order valence-corrected chi connectivity index (χ4v) is 5.10. The summed E-state index contributed by atoms with van der Waals surface area (Å²) < 4.78 is 7.95. The van der Waals surface area contributed by atoms with E-state index in [4.69, 9.17) is 9.73 Å². The average molecular weight is 487 g/mol. The van der Waals surface area contributed by atoms with Gasteiger partial charge in [0.1, 0.15) is 5.84 Å². The van der Waals surface area contributed by atoms with Gasteiger partial charge in [-0.1, -0.05) is 37.3 Å². The minimum atomic E-state index is -0.131. The van der Waals surface area contributed by atoms with Crippen molar-refractivity contribution in [2.75, 3.05) is 6.54 Å². The molecule has 2 N–H and O–H groups in total. The molecule has 0 saturated carbocycles. The first-order chi connectivity index (χ1) is 17.4. The van der Waals surface area contributed by atoms with E-state index in [1.165, 1.54) is 18.4 Å².